The summed E-state index contributed by atoms with van der Waals surface area (Å²) in [6.07, 6.45) is 0. The molecule has 1 nitrogen and oxygen atoms in total. The Morgan fingerprint density at radius 1 is 0.600 bits per heavy atom. The third kappa shape index (κ3) is 4.70. The van der Waals surface area contributed by atoms with Gasteiger partial charge < -0.3 is 5.32 Å². The Hall–Kier alpha value is -1.67. The summed E-state index contributed by atoms with van der Waals surface area (Å²) in [6.45, 7) is 0. The van der Waals surface area contributed by atoms with Gasteiger partial charge in [0.05, 0.1) is 12.0 Å². The lowest BCUT2D eigenvalue weighted by Gasteiger charge is -2.34. The Labute approximate surface area is 163 Å². The highest BCUT2D eigenvalue weighted by Gasteiger charge is 2.40. The molecule has 0 aliphatic carbocycles. The largest absolute Gasteiger partial charge is 0.377 e. The van der Waals surface area contributed by atoms with E-state index in [9.17, 15) is 0 Å². The summed E-state index contributed by atoms with van der Waals surface area (Å²) in [5.41, 5.74) is 3.01. The minimum Gasteiger partial charge on any atom is -0.377 e. The first-order valence-electron chi connectivity index (χ1n) is 8.04. The second-order valence-corrected chi connectivity index (χ2v) is 8.20. The molecule has 3 aromatic rings. The van der Waals surface area contributed by atoms with E-state index in [1.807, 2.05) is 91.0 Å². The minimum atomic E-state index is -1.47. The maximum atomic E-state index is 6.44. The maximum absolute atomic E-state index is 6.44. The van der Waals surface area contributed by atoms with E-state index in [2.05, 4.69) is 5.32 Å². The molecule has 0 aliphatic rings. The van der Waals surface area contributed by atoms with E-state index in [1.54, 1.807) is 0 Å². The summed E-state index contributed by atoms with van der Waals surface area (Å²) in [5, 5.41) is 3.55. The molecule has 0 heterocycles. The number of nitrogens with one attached hydrogen (secondary N) is 1. The Morgan fingerprint density at radius 3 is 1.52 bits per heavy atom. The molecule has 0 radical (unpaired) electrons. The van der Waals surface area contributed by atoms with Crippen molar-refractivity contribution in [1.82, 2.24) is 0 Å². The normalized spacial score (nSPS) is 13.9. The molecule has 0 saturated carbocycles. The molecular formula is C21H18Cl3N. The van der Waals surface area contributed by atoms with E-state index in [0.717, 1.165) is 16.8 Å². The first-order valence-corrected chi connectivity index (χ1v) is 9.17. The van der Waals surface area contributed by atoms with Crippen LogP contribution in [-0.2, 0) is 0 Å². The molecule has 0 bridgehead atoms. The lowest BCUT2D eigenvalue weighted by Crippen LogP contribution is -2.29. The maximum Gasteiger partial charge on any atom is 0.199 e. The number of hydrogen-bond donors (Lipinski definition) is 1. The number of alkyl halides is 3. The summed E-state index contributed by atoms with van der Waals surface area (Å²) in [4.78, 5) is 0. The smallest absolute Gasteiger partial charge is 0.199 e. The molecule has 0 amide bonds. The average Bonchev–Trinajstić information content (AvgIpc) is 2.63. The SMILES string of the molecule is ClC(Cl)(Cl)C(c1ccccc1)C(Nc1ccccc1)c1ccccc1. The van der Waals surface area contributed by atoms with E-state index >= 15 is 0 Å². The van der Waals surface area contributed by atoms with Gasteiger partial charge in [0, 0.05) is 5.69 Å². The highest BCUT2D eigenvalue weighted by molar-refractivity contribution is 6.68. The van der Waals surface area contributed by atoms with Crippen LogP contribution < -0.4 is 5.32 Å². The highest BCUT2D eigenvalue weighted by atomic mass is 35.6. The van der Waals surface area contributed by atoms with Crippen LogP contribution in [0.3, 0.4) is 0 Å². The van der Waals surface area contributed by atoms with Gasteiger partial charge in [-0.1, -0.05) is 114 Å². The predicted molar refractivity (Wildman–Crippen MR) is 109 cm³/mol. The lowest BCUT2D eigenvalue weighted by atomic mass is 9.87. The van der Waals surface area contributed by atoms with E-state index in [0.29, 0.717) is 0 Å². The summed E-state index contributed by atoms with van der Waals surface area (Å²) in [7, 11) is 0. The molecule has 0 aromatic heterocycles. The van der Waals surface area contributed by atoms with Crippen LogP contribution in [0.4, 0.5) is 5.69 Å². The Kier molecular flexibility index (Phi) is 5.90. The van der Waals surface area contributed by atoms with Gasteiger partial charge in [0.15, 0.2) is 3.79 Å². The van der Waals surface area contributed by atoms with Crippen molar-refractivity contribution in [1.29, 1.82) is 0 Å². The second-order valence-electron chi connectivity index (χ2n) is 5.83. The molecule has 3 rings (SSSR count). The quantitative estimate of drug-likeness (QED) is 0.463. The molecule has 0 spiro atoms. The van der Waals surface area contributed by atoms with Crippen molar-refractivity contribution in [2.75, 3.05) is 5.32 Å². The van der Waals surface area contributed by atoms with Gasteiger partial charge in [0.25, 0.3) is 0 Å². The van der Waals surface area contributed by atoms with E-state index in [-0.39, 0.29) is 12.0 Å². The fourth-order valence-electron chi connectivity index (χ4n) is 2.96. The number of para-hydroxylation sites is 1. The highest BCUT2D eigenvalue weighted by Crippen LogP contribution is 2.49. The Bertz CT molecular complexity index is 771. The van der Waals surface area contributed by atoms with Gasteiger partial charge in [-0.25, -0.2) is 0 Å². The van der Waals surface area contributed by atoms with Crippen molar-refractivity contribution in [2.45, 2.75) is 15.8 Å². The van der Waals surface area contributed by atoms with E-state index < -0.39 is 3.79 Å². The van der Waals surface area contributed by atoms with E-state index in [4.69, 9.17) is 34.8 Å². The molecule has 128 valence electrons. The van der Waals surface area contributed by atoms with Gasteiger partial charge in [0.1, 0.15) is 0 Å². The van der Waals surface area contributed by atoms with Gasteiger partial charge in [-0.3, -0.25) is 0 Å². The summed E-state index contributed by atoms with van der Waals surface area (Å²) in [6, 6.07) is 29.7. The lowest BCUT2D eigenvalue weighted by molar-refractivity contribution is 0.597. The van der Waals surface area contributed by atoms with E-state index in [1.165, 1.54) is 0 Å². The average molecular weight is 391 g/mol. The van der Waals surface area contributed by atoms with Crippen LogP contribution in [0.5, 0.6) is 0 Å². The summed E-state index contributed by atoms with van der Waals surface area (Å²) >= 11 is 19.3. The molecule has 4 heteroatoms. The Balaban J connectivity index is 2.07. The van der Waals surface area contributed by atoms with Gasteiger partial charge in [0.2, 0.25) is 0 Å². The number of hydrogen-bond acceptors (Lipinski definition) is 1. The molecule has 2 atom stereocenters. The summed E-state index contributed by atoms with van der Waals surface area (Å²) < 4.78 is -1.47. The monoisotopic (exact) mass is 389 g/mol. The van der Waals surface area contributed by atoms with Gasteiger partial charge in [-0.05, 0) is 23.3 Å². The fraction of sp³-hybridized carbons (Fsp3) is 0.143. The molecule has 0 aliphatic heterocycles. The molecule has 0 saturated heterocycles. The first kappa shape index (κ1) is 18.1. The van der Waals surface area contributed by atoms with Crippen LogP contribution in [0.25, 0.3) is 0 Å². The van der Waals surface area contributed by atoms with Crippen molar-refractivity contribution in [3.05, 3.63) is 102 Å². The van der Waals surface area contributed by atoms with Crippen molar-refractivity contribution in [3.8, 4) is 0 Å². The zero-order valence-corrected chi connectivity index (χ0v) is 15.7. The van der Waals surface area contributed by atoms with Crippen LogP contribution in [-0.4, -0.2) is 3.79 Å². The number of halogens is 3. The molecule has 2 unspecified atom stereocenters. The number of rotatable bonds is 5. The number of anilines is 1. The molecule has 0 fully saturated rings. The fourth-order valence-corrected chi connectivity index (χ4v) is 3.72. The molecule has 1 N–H and O–H groups in total. The molecule has 3 aromatic carbocycles. The zero-order chi connectivity index (χ0) is 17.7. The third-order valence-electron chi connectivity index (χ3n) is 4.10. The first-order chi connectivity index (χ1) is 12.1. The third-order valence-corrected chi connectivity index (χ3v) is 4.80. The molecule has 25 heavy (non-hydrogen) atoms. The minimum absolute atomic E-state index is 0.196. The Morgan fingerprint density at radius 2 is 1.04 bits per heavy atom. The van der Waals surface area contributed by atoms with Gasteiger partial charge >= 0.3 is 0 Å². The van der Waals surface area contributed by atoms with Crippen LogP contribution in [0, 0.1) is 0 Å². The molecular weight excluding hydrogens is 373 g/mol. The number of benzene rings is 3. The predicted octanol–water partition coefficient (Wildman–Crippen LogP) is 6.99. The summed E-state index contributed by atoms with van der Waals surface area (Å²) in [5.74, 6) is -0.360. The standard InChI is InChI=1S/C21H18Cl3N/c22-21(23,24)19(16-10-4-1-5-11-16)20(17-12-6-2-7-13-17)25-18-14-8-3-9-15-18/h1-15,19-20,25H. The van der Waals surface area contributed by atoms with Crippen molar-refractivity contribution >= 4 is 40.5 Å². The van der Waals surface area contributed by atoms with Crippen molar-refractivity contribution in [3.63, 3.8) is 0 Å². The van der Waals surface area contributed by atoms with Crippen molar-refractivity contribution < 1.29 is 0 Å². The van der Waals surface area contributed by atoms with Crippen molar-refractivity contribution in [2.24, 2.45) is 0 Å². The second kappa shape index (κ2) is 8.14. The van der Waals surface area contributed by atoms with Gasteiger partial charge in [-0.15, -0.1) is 0 Å². The van der Waals surface area contributed by atoms with Crippen LogP contribution in [0.2, 0.25) is 0 Å². The zero-order valence-electron chi connectivity index (χ0n) is 13.4. The van der Waals surface area contributed by atoms with Crippen LogP contribution in [0.15, 0.2) is 91.0 Å². The van der Waals surface area contributed by atoms with Gasteiger partial charge in [-0.2, -0.15) is 0 Å². The van der Waals surface area contributed by atoms with Crippen LogP contribution in [0.1, 0.15) is 23.1 Å². The van der Waals surface area contributed by atoms with Crippen LogP contribution >= 0.6 is 34.8 Å². The topological polar surface area (TPSA) is 12.0 Å².